The minimum absolute atomic E-state index is 0.434. The largest absolute Gasteiger partial charge is 0.467 e. The first kappa shape index (κ1) is 16.1. The van der Waals surface area contributed by atoms with E-state index in [9.17, 15) is 5.26 Å². The molecule has 24 heavy (non-hydrogen) atoms. The number of hydrogen-bond donors (Lipinski definition) is 1. The SMILES string of the molecule is CSc1nc(NCc2ccco2)c(C#N)c(-c2ccc(C)cc2)n1. The lowest BCUT2D eigenvalue weighted by Crippen LogP contribution is -2.06. The van der Waals surface area contributed by atoms with Gasteiger partial charge in [0.05, 0.1) is 18.5 Å². The highest BCUT2D eigenvalue weighted by atomic mass is 32.2. The zero-order valence-corrected chi connectivity index (χ0v) is 14.2. The Morgan fingerprint density at radius 1 is 1.21 bits per heavy atom. The minimum atomic E-state index is 0.434. The standard InChI is InChI=1S/C18H16N4OS/c1-12-5-7-13(8-6-12)16-15(10-19)17(22-18(21-16)24-2)20-11-14-4-3-9-23-14/h3-9H,11H2,1-2H3,(H,20,21,22). The van der Waals surface area contributed by atoms with Crippen LogP contribution in [0.3, 0.4) is 0 Å². The molecule has 0 spiro atoms. The number of hydrogen-bond acceptors (Lipinski definition) is 6. The normalized spacial score (nSPS) is 10.4. The van der Waals surface area contributed by atoms with Gasteiger partial charge < -0.3 is 9.73 Å². The summed E-state index contributed by atoms with van der Waals surface area (Å²) in [6.07, 6.45) is 3.53. The van der Waals surface area contributed by atoms with Gasteiger partial charge in [-0.05, 0) is 25.3 Å². The van der Waals surface area contributed by atoms with Crippen molar-refractivity contribution in [2.24, 2.45) is 0 Å². The van der Waals surface area contributed by atoms with Crippen LogP contribution in [0.25, 0.3) is 11.3 Å². The minimum Gasteiger partial charge on any atom is -0.467 e. The molecule has 0 aliphatic heterocycles. The first-order valence-corrected chi connectivity index (χ1v) is 8.63. The number of nitrogens with one attached hydrogen (secondary N) is 1. The summed E-state index contributed by atoms with van der Waals surface area (Å²) in [5.41, 5.74) is 3.13. The molecule has 0 aliphatic rings. The number of furan rings is 1. The van der Waals surface area contributed by atoms with Crippen molar-refractivity contribution in [3.8, 4) is 17.3 Å². The van der Waals surface area contributed by atoms with Crippen molar-refractivity contribution < 1.29 is 4.42 Å². The van der Waals surface area contributed by atoms with Crippen LogP contribution >= 0.6 is 11.8 Å². The average Bonchev–Trinajstić information content (AvgIpc) is 3.13. The Morgan fingerprint density at radius 3 is 2.62 bits per heavy atom. The highest BCUT2D eigenvalue weighted by molar-refractivity contribution is 7.98. The van der Waals surface area contributed by atoms with Gasteiger partial charge in [-0.3, -0.25) is 0 Å². The third-order valence-corrected chi connectivity index (χ3v) is 4.07. The van der Waals surface area contributed by atoms with Crippen LogP contribution in [0.2, 0.25) is 0 Å². The van der Waals surface area contributed by atoms with Gasteiger partial charge in [0.25, 0.3) is 0 Å². The van der Waals surface area contributed by atoms with Crippen molar-refractivity contribution in [1.82, 2.24) is 9.97 Å². The quantitative estimate of drug-likeness (QED) is 0.554. The fraction of sp³-hybridized carbons (Fsp3) is 0.167. The van der Waals surface area contributed by atoms with Gasteiger partial charge in [-0.1, -0.05) is 41.6 Å². The van der Waals surface area contributed by atoms with E-state index >= 15 is 0 Å². The summed E-state index contributed by atoms with van der Waals surface area (Å²) in [5.74, 6) is 1.30. The molecule has 0 atom stereocenters. The second-order valence-electron chi connectivity index (χ2n) is 5.19. The number of nitrogens with zero attached hydrogens (tertiary/aromatic N) is 3. The van der Waals surface area contributed by atoms with Crippen LogP contribution in [0.15, 0.2) is 52.2 Å². The summed E-state index contributed by atoms with van der Waals surface area (Å²) in [6.45, 7) is 2.48. The maximum Gasteiger partial charge on any atom is 0.189 e. The molecule has 0 bridgehead atoms. The van der Waals surface area contributed by atoms with Crippen molar-refractivity contribution >= 4 is 17.6 Å². The molecule has 0 amide bonds. The number of benzene rings is 1. The molecule has 6 heteroatoms. The van der Waals surface area contributed by atoms with E-state index in [4.69, 9.17) is 4.42 Å². The maximum atomic E-state index is 9.64. The third kappa shape index (κ3) is 3.42. The number of rotatable bonds is 5. The van der Waals surface area contributed by atoms with E-state index in [1.54, 1.807) is 6.26 Å². The topological polar surface area (TPSA) is 74.7 Å². The van der Waals surface area contributed by atoms with Crippen molar-refractivity contribution in [3.63, 3.8) is 0 Å². The van der Waals surface area contributed by atoms with Crippen LogP contribution in [0.1, 0.15) is 16.9 Å². The lowest BCUT2D eigenvalue weighted by atomic mass is 10.1. The van der Waals surface area contributed by atoms with E-state index in [1.807, 2.05) is 49.6 Å². The third-order valence-electron chi connectivity index (χ3n) is 3.52. The van der Waals surface area contributed by atoms with E-state index in [1.165, 1.54) is 11.8 Å². The zero-order chi connectivity index (χ0) is 16.9. The second kappa shape index (κ2) is 7.20. The Balaban J connectivity index is 2.03. The summed E-state index contributed by atoms with van der Waals surface area (Å²) in [7, 11) is 0. The fourth-order valence-corrected chi connectivity index (χ4v) is 2.63. The summed E-state index contributed by atoms with van der Waals surface area (Å²) in [6, 6.07) is 13.9. The molecule has 120 valence electrons. The number of aryl methyl sites for hydroxylation is 1. The van der Waals surface area contributed by atoms with E-state index in [-0.39, 0.29) is 0 Å². The van der Waals surface area contributed by atoms with Gasteiger partial charge in [0.15, 0.2) is 5.16 Å². The molecular formula is C18H16N4OS. The molecule has 0 saturated heterocycles. The van der Waals surface area contributed by atoms with Gasteiger partial charge in [0.2, 0.25) is 0 Å². The van der Waals surface area contributed by atoms with Gasteiger partial charge in [0.1, 0.15) is 23.2 Å². The number of anilines is 1. The smallest absolute Gasteiger partial charge is 0.189 e. The van der Waals surface area contributed by atoms with Crippen LogP contribution < -0.4 is 5.32 Å². The summed E-state index contributed by atoms with van der Waals surface area (Å²) in [5, 5.41) is 13.4. The Kier molecular flexibility index (Phi) is 4.82. The van der Waals surface area contributed by atoms with Crippen LogP contribution in [0.4, 0.5) is 5.82 Å². The first-order chi connectivity index (χ1) is 11.7. The molecule has 0 unspecified atom stereocenters. The first-order valence-electron chi connectivity index (χ1n) is 7.40. The van der Waals surface area contributed by atoms with Gasteiger partial charge in [0, 0.05) is 5.56 Å². The fourth-order valence-electron chi connectivity index (χ4n) is 2.27. The lowest BCUT2D eigenvalue weighted by molar-refractivity contribution is 0.517. The van der Waals surface area contributed by atoms with Crippen molar-refractivity contribution in [1.29, 1.82) is 5.26 Å². The molecule has 2 heterocycles. The Morgan fingerprint density at radius 2 is 2.00 bits per heavy atom. The highest BCUT2D eigenvalue weighted by Crippen LogP contribution is 2.28. The van der Waals surface area contributed by atoms with Crippen LogP contribution in [0, 0.1) is 18.3 Å². The number of nitriles is 1. The van der Waals surface area contributed by atoms with Crippen molar-refractivity contribution in [3.05, 3.63) is 59.5 Å². The molecule has 0 aliphatic carbocycles. The van der Waals surface area contributed by atoms with E-state index in [2.05, 4.69) is 21.4 Å². The molecule has 5 nitrogen and oxygen atoms in total. The molecule has 3 aromatic rings. The number of aromatic nitrogens is 2. The summed E-state index contributed by atoms with van der Waals surface area (Å²) in [4.78, 5) is 8.98. The van der Waals surface area contributed by atoms with E-state index < -0.39 is 0 Å². The van der Waals surface area contributed by atoms with Gasteiger partial charge in [-0.2, -0.15) is 5.26 Å². The average molecular weight is 336 g/mol. The molecule has 1 N–H and O–H groups in total. The van der Waals surface area contributed by atoms with Crippen LogP contribution in [-0.4, -0.2) is 16.2 Å². The monoisotopic (exact) mass is 336 g/mol. The Labute approximate surface area is 144 Å². The zero-order valence-electron chi connectivity index (χ0n) is 13.4. The Hall–Kier alpha value is -2.78. The highest BCUT2D eigenvalue weighted by Gasteiger charge is 2.16. The van der Waals surface area contributed by atoms with Crippen molar-refractivity contribution in [2.45, 2.75) is 18.6 Å². The lowest BCUT2D eigenvalue weighted by Gasteiger charge is -2.11. The van der Waals surface area contributed by atoms with Crippen LogP contribution in [0.5, 0.6) is 0 Å². The summed E-state index contributed by atoms with van der Waals surface area (Å²) >= 11 is 1.44. The second-order valence-corrected chi connectivity index (χ2v) is 5.97. The molecular weight excluding hydrogens is 320 g/mol. The molecule has 2 aromatic heterocycles. The Bertz CT molecular complexity index is 867. The van der Waals surface area contributed by atoms with E-state index in [0.717, 1.165) is 16.9 Å². The maximum absolute atomic E-state index is 9.64. The van der Waals surface area contributed by atoms with Gasteiger partial charge in [-0.25, -0.2) is 9.97 Å². The van der Waals surface area contributed by atoms with Gasteiger partial charge in [-0.15, -0.1) is 0 Å². The molecule has 0 radical (unpaired) electrons. The molecule has 1 aromatic carbocycles. The molecule has 3 rings (SSSR count). The predicted molar refractivity (Wildman–Crippen MR) is 94.7 cm³/mol. The van der Waals surface area contributed by atoms with Crippen LogP contribution in [-0.2, 0) is 6.54 Å². The number of thioether (sulfide) groups is 1. The molecule has 0 saturated carbocycles. The summed E-state index contributed by atoms with van der Waals surface area (Å²) < 4.78 is 5.32. The van der Waals surface area contributed by atoms with Crippen molar-refractivity contribution in [2.75, 3.05) is 11.6 Å². The molecule has 0 fully saturated rings. The predicted octanol–water partition coefficient (Wildman–Crippen LogP) is 4.25. The van der Waals surface area contributed by atoms with E-state index in [0.29, 0.717) is 28.8 Å². The van der Waals surface area contributed by atoms with Gasteiger partial charge >= 0.3 is 0 Å².